The number of hydrogen-bond acceptors (Lipinski definition) is 1. The molecule has 0 aromatic heterocycles. The highest BCUT2D eigenvalue weighted by Gasteiger charge is 2.52. The van der Waals surface area contributed by atoms with Gasteiger partial charge in [0, 0.05) is 28.5 Å². The van der Waals surface area contributed by atoms with Gasteiger partial charge in [0.1, 0.15) is 0 Å². The number of carbonyl (C=O) groups excluding carboxylic acids is 1. The van der Waals surface area contributed by atoms with E-state index in [1.807, 2.05) is 12.1 Å². The number of amides is 1. The standard InChI is InChI=1S/C21H25Cl2NO/c22-18-2-1-14(19(23)11-18)10-15-3-4-24(21(15)25)20-16-6-12-5-13(8-16)9-17(20)7-12/h1-2,11-13,15-17,20H,3-10H2. The van der Waals surface area contributed by atoms with Gasteiger partial charge in [0.05, 0.1) is 0 Å². The highest BCUT2D eigenvalue weighted by atomic mass is 35.5. The van der Waals surface area contributed by atoms with Crippen LogP contribution >= 0.6 is 23.2 Å². The van der Waals surface area contributed by atoms with E-state index in [1.165, 1.54) is 32.1 Å². The molecule has 4 saturated carbocycles. The monoisotopic (exact) mass is 377 g/mol. The molecule has 0 spiro atoms. The van der Waals surface area contributed by atoms with Crippen LogP contribution in [0.3, 0.4) is 0 Å². The zero-order chi connectivity index (χ0) is 17.1. The lowest BCUT2D eigenvalue weighted by Crippen LogP contribution is -2.56. The zero-order valence-corrected chi connectivity index (χ0v) is 16.0. The first-order valence-electron chi connectivity index (χ1n) is 9.83. The largest absolute Gasteiger partial charge is 0.339 e. The molecule has 4 aliphatic carbocycles. The molecule has 25 heavy (non-hydrogen) atoms. The molecule has 134 valence electrons. The van der Waals surface area contributed by atoms with E-state index in [1.54, 1.807) is 6.07 Å². The van der Waals surface area contributed by atoms with Crippen LogP contribution in [0.4, 0.5) is 0 Å². The Morgan fingerprint density at radius 1 is 1.00 bits per heavy atom. The molecular weight excluding hydrogens is 353 g/mol. The summed E-state index contributed by atoms with van der Waals surface area (Å²) in [6, 6.07) is 6.17. The third-order valence-electron chi connectivity index (χ3n) is 7.37. The molecule has 0 radical (unpaired) electrons. The third kappa shape index (κ3) is 2.80. The zero-order valence-electron chi connectivity index (χ0n) is 14.5. The summed E-state index contributed by atoms with van der Waals surface area (Å²) >= 11 is 12.3. The Kier molecular flexibility index (Phi) is 4.05. The van der Waals surface area contributed by atoms with Gasteiger partial charge in [-0.2, -0.15) is 0 Å². The van der Waals surface area contributed by atoms with Gasteiger partial charge in [-0.15, -0.1) is 0 Å². The van der Waals surface area contributed by atoms with E-state index in [2.05, 4.69) is 4.90 Å². The predicted octanol–water partition coefficient (Wildman–Crippen LogP) is 5.21. The number of rotatable bonds is 3. The van der Waals surface area contributed by atoms with Crippen LogP contribution in [-0.2, 0) is 11.2 Å². The van der Waals surface area contributed by atoms with Gasteiger partial charge in [0.2, 0.25) is 5.91 Å². The molecule has 0 N–H and O–H groups in total. The van der Waals surface area contributed by atoms with Crippen molar-refractivity contribution in [3.63, 3.8) is 0 Å². The van der Waals surface area contributed by atoms with Crippen molar-refractivity contribution in [2.45, 2.75) is 51.0 Å². The van der Waals surface area contributed by atoms with Crippen molar-refractivity contribution in [1.82, 2.24) is 4.90 Å². The second-order valence-corrected chi connectivity index (χ2v) is 9.72. The van der Waals surface area contributed by atoms with Gasteiger partial charge < -0.3 is 4.90 Å². The van der Waals surface area contributed by atoms with Gasteiger partial charge >= 0.3 is 0 Å². The number of carbonyl (C=O) groups is 1. The molecule has 6 rings (SSSR count). The van der Waals surface area contributed by atoms with E-state index >= 15 is 0 Å². The second kappa shape index (κ2) is 6.16. The molecule has 4 heteroatoms. The fraction of sp³-hybridized carbons (Fsp3) is 0.667. The maximum Gasteiger partial charge on any atom is 0.226 e. The summed E-state index contributed by atoms with van der Waals surface area (Å²) in [7, 11) is 0. The molecule has 4 bridgehead atoms. The lowest BCUT2D eigenvalue weighted by Gasteiger charge is -2.56. The van der Waals surface area contributed by atoms with Crippen molar-refractivity contribution in [1.29, 1.82) is 0 Å². The quantitative estimate of drug-likeness (QED) is 0.707. The number of hydrogen-bond donors (Lipinski definition) is 0. The summed E-state index contributed by atoms with van der Waals surface area (Å²) < 4.78 is 0. The van der Waals surface area contributed by atoms with Crippen LogP contribution in [0.5, 0.6) is 0 Å². The number of likely N-dealkylation sites (tertiary alicyclic amines) is 1. The Bertz CT molecular complexity index is 675. The molecule has 1 aromatic rings. The molecule has 5 fully saturated rings. The third-order valence-corrected chi connectivity index (χ3v) is 7.96. The molecule has 5 aliphatic rings. The van der Waals surface area contributed by atoms with Gasteiger partial charge in [-0.25, -0.2) is 0 Å². The number of benzene rings is 1. The van der Waals surface area contributed by atoms with Crippen LogP contribution in [-0.4, -0.2) is 23.4 Å². The molecule has 1 saturated heterocycles. The van der Waals surface area contributed by atoms with E-state index in [0.717, 1.165) is 48.6 Å². The van der Waals surface area contributed by atoms with E-state index < -0.39 is 0 Å². The van der Waals surface area contributed by atoms with Crippen LogP contribution in [0.1, 0.15) is 44.1 Å². The van der Waals surface area contributed by atoms with Crippen LogP contribution < -0.4 is 0 Å². The minimum absolute atomic E-state index is 0.0934. The topological polar surface area (TPSA) is 20.3 Å². The first-order chi connectivity index (χ1) is 12.1. The molecule has 1 heterocycles. The van der Waals surface area contributed by atoms with Crippen molar-refractivity contribution < 1.29 is 4.79 Å². The molecule has 1 aromatic carbocycles. The summed E-state index contributed by atoms with van der Waals surface area (Å²) in [5.41, 5.74) is 1.05. The average molecular weight is 378 g/mol. The molecule has 1 unspecified atom stereocenters. The highest BCUT2D eigenvalue weighted by Crippen LogP contribution is 2.55. The van der Waals surface area contributed by atoms with Crippen LogP contribution in [0.25, 0.3) is 0 Å². The van der Waals surface area contributed by atoms with Crippen molar-refractivity contribution in [3.05, 3.63) is 33.8 Å². The summed E-state index contributed by atoms with van der Waals surface area (Å²) in [5.74, 6) is 3.94. The van der Waals surface area contributed by atoms with E-state index in [9.17, 15) is 4.79 Å². The Morgan fingerprint density at radius 3 is 2.32 bits per heavy atom. The van der Waals surface area contributed by atoms with E-state index in [0.29, 0.717) is 22.0 Å². The lowest BCUT2D eigenvalue weighted by atomic mass is 9.54. The van der Waals surface area contributed by atoms with E-state index in [-0.39, 0.29) is 5.92 Å². The summed E-state index contributed by atoms with van der Waals surface area (Å²) in [5, 5.41) is 1.34. The smallest absolute Gasteiger partial charge is 0.226 e. The molecule has 1 aliphatic heterocycles. The maximum atomic E-state index is 13.2. The second-order valence-electron chi connectivity index (χ2n) is 8.88. The van der Waals surface area contributed by atoms with Crippen molar-refractivity contribution in [3.8, 4) is 0 Å². The van der Waals surface area contributed by atoms with Gasteiger partial charge in [0.15, 0.2) is 0 Å². The Balaban J connectivity index is 1.32. The first kappa shape index (κ1) is 16.4. The van der Waals surface area contributed by atoms with Crippen LogP contribution in [0.15, 0.2) is 18.2 Å². The number of nitrogens with zero attached hydrogens (tertiary/aromatic N) is 1. The molecule has 1 amide bonds. The van der Waals surface area contributed by atoms with Crippen molar-refractivity contribution >= 4 is 29.1 Å². The normalized spacial score (nSPS) is 39.4. The van der Waals surface area contributed by atoms with E-state index in [4.69, 9.17) is 23.2 Å². The lowest BCUT2D eigenvalue weighted by molar-refractivity contribution is -0.141. The van der Waals surface area contributed by atoms with Gasteiger partial charge in [-0.05, 0) is 86.3 Å². The summed E-state index contributed by atoms with van der Waals surface area (Å²) in [4.78, 5) is 15.4. The fourth-order valence-corrected chi connectivity index (χ4v) is 7.09. The first-order valence-corrected chi connectivity index (χ1v) is 10.6. The average Bonchev–Trinajstić information content (AvgIpc) is 2.90. The van der Waals surface area contributed by atoms with Gasteiger partial charge in [-0.1, -0.05) is 29.3 Å². The minimum Gasteiger partial charge on any atom is -0.339 e. The molecular formula is C21H25Cl2NO. The Hall–Kier alpha value is -0.730. The number of halogens is 2. The Morgan fingerprint density at radius 2 is 1.68 bits per heavy atom. The predicted molar refractivity (Wildman–Crippen MR) is 101 cm³/mol. The van der Waals surface area contributed by atoms with Crippen LogP contribution in [0, 0.1) is 29.6 Å². The summed E-state index contributed by atoms with van der Waals surface area (Å²) in [6.45, 7) is 0.946. The SMILES string of the molecule is O=C1C(Cc2ccc(Cl)cc2Cl)CCN1C1C2CC3CC(C2)CC1C3. The van der Waals surface area contributed by atoms with Gasteiger partial charge in [-0.3, -0.25) is 4.79 Å². The maximum absolute atomic E-state index is 13.2. The molecule has 1 atom stereocenters. The highest BCUT2D eigenvalue weighted by molar-refractivity contribution is 6.35. The van der Waals surface area contributed by atoms with Crippen molar-refractivity contribution in [2.24, 2.45) is 29.6 Å². The molecule has 2 nitrogen and oxygen atoms in total. The van der Waals surface area contributed by atoms with Gasteiger partial charge in [0.25, 0.3) is 0 Å². The fourth-order valence-electron chi connectivity index (χ4n) is 6.61. The minimum atomic E-state index is 0.0934. The van der Waals surface area contributed by atoms with Crippen LogP contribution in [0.2, 0.25) is 10.0 Å². The van der Waals surface area contributed by atoms with Crippen molar-refractivity contribution in [2.75, 3.05) is 6.54 Å². The Labute approximate surface area is 159 Å². The summed E-state index contributed by atoms with van der Waals surface area (Å²) in [6.07, 6.45) is 8.67.